The lowest BCUT2D eigenvalue weighted by Gasteiger charge is -2.23. The van der Waals surface area contributed by atoms with Crippen molar-refractivity contribution in [2.75, 3.05) is 6.54 Å². The van der Waals surface area contributed by atoms with Crippen LogP contribution >= 0.6 is 11.6 Å². The first-order chi connectivity index (χ1) is 12.6. The van der Waals surface area contributed by atoms with Crippen LogP contribution in [0, 0.1) is 5.82 Å². The Labute approximate surface area is 154 Å². The number of nitrogens with zero attached hydrogens (tertiary/aromatic N) is 5. The smallest absolute Gasteiger partial charge is 0.199 e. The van der Waals surface area contributed by atoms with Gasteiger partial charge in [0.1, 0.15) is 17.0 Å². The molecule has 1 atom stereocenters. The summed E-state index contributed by atoms with van der Waals surface area (Å²) in [5.74, 6) is 0.431. The second-order valence-electron chi connectivity index (χ2n) is 6.19. The number of alkyl halides is 1. The van der Waals surface area contributed by atoms with Gasteiger partial charge in [-0.3, -0.25) is 4.68 Å². The fraction of sp³-hybridized carbons (Fsp3) is 0.278. The summed E-state index contributed by atoms with van der Waals surface area (Å²) in [5, 5.41) is 5.18. The van der Waals surface area contributed by atoms with Gasteiger partial charge in [0.25, 0.3) is 0 Å². The van der Waals surface area contributed by atoms with Crippen molar-refractivity contribution >= 4 is 17.8 Å². The van der Waals surface area contributed by atoms with E-state index in [9.17, 15) is 4.39 Å². The van der Waals surface area contributed by atoms with Gasteiger partial charge in [0.05, 0.1) is 18.3 Å². The molecule has 1 aromatic carbocycles. The molecule has 3 aromatic rings. The number of hydrogen-bond donors (Lipinski definition) is 1. The molecule has 26 heavy (non-hydrogen) atoms. The molecule has 0 saturated carbocycles. The van der Waals surface area contributed by atoms with E-state index in [1.54, 1.807) is 16.9 Å². The zero-order valence-corrected chi connectivity index (χ0v) is 15.0. The van der Waals surface area contributed by atoms with Crippen molar-refractivity contribution in [3.63, 3.8) is 0 Å². The van der Waals surface area contributed by atoms with Crippen LogP contribution in [0.25, 0.3) is 17.6 Å². The Kier molecular flexibility index (Phi) is 4.46. The van der Waals surface area contributed by atoms with Crippen LogP contribution in [0.5, 0.6) is 0 Å². The maximum absolute atomic E-state index is 13.3. The Bertz CT molecular complexity index is 1040. The van der Waals surface area contributed by atoms with E-state index in [0.29, 0.717) is 17.9 Å². The van der Waals surface area contributed by atoms with Crippen LogP contribution in [-0.2, 0) is 6.54 Å². The molecule has 134 valence electrons. The molecule has 1 unspecified atom stereocenters. The standard InChI is InChI=1S/C18H18ClFN6/c1-2-6-25-11-15-17(24-18(25)19)23-16(22-15)13-8-21-26(10-13)9-12-4-3-5-14(20)7-12/h3-5,7-8,10-11,18H,2,6,9H2,1H3,(H,22,23,24). The van der Waals surface area contributed by atoms with Crippen LogP contribution < -0.4 is 10.8 Å². The van der Waals surface area contributed by atoms with Crippen molar-refractivity contribution in [1.82, 2.24) is 24.6 Å². The van der Waals surface area contributed by atoms with Crippen molar-refractivity contribution in [1.29, 1.82) is 0 Å². The highest BCUT2D eigenvalue weighted by molar-refractivity contribution is 6.20. The largest absolute Gasteiger partial charge is 0.341 e. The Morgan fingerprint density at radius 1 is 1.35 bits per heavy atom. The maximum Gasteiger partial charge on any atom is 0.199 e. The van der Waals surface area contributed by atoms with Gasteiger partial charge < -0.3 is 9.88 Å². The molecule has 0 amide bonds. The highest BCUT2D eigenvalue weighted by atomic mass is 35.5. The van der Waals surface area contributed by atoms with Crippen LogP contribution in [0.15, 0.2) is 41.7 Å². The second-order valence-corrected chi connectivity index (χ2v) is 6.58. The van der Waals surface area contributed by atoms with Crippen LogP contribution in [0.4, 0.5) is 4.39 Å². The van der Waals surface area contributed by atoms with Gasteiger partial charge in [0.15, 0.2) is 11.1 Å². The lowest BCUT2D eigenvalue weighted by Crippen LogP contribution is -2.40. The molecular weight excluding hydrogens is 355 g/mol. The molecular formula is C18H18ClFN6. The molecule has 0 aliphatic carbocycles. The molecule has 8 heteroatoms. The zero-order valence-electron chi connectivity index (χ0n) is 14.2. The molecule has 0 bridgehead atoms. The number of imidazole rings is 1. The number of hydrogen-bond acceptors (Lipinski definition) is 4. The second kappa shape index (κ2) is 6.92. The molecule has 3 heterocycles. The number of benzene rings is 1. The molecule has 0 radical (unpaired) electrons. The number of rotatable bonds is 5. The van der Waals surface area contributed by atoms with Gasteiger partial charge in [-0.2, -0.15) is 5.10 Å². The van der Waals surface area contributed by atoms with E-state index in [4.69, 9.17) is 11.6 Å². The van der Waals surface area contributed by atoms with Crippen LogP contribution in [-0.4, -0.2) is 36.8 Å². The first kappa shape index (κ1) is 16.8. The van der Waals surface area contributed by atoms with Crippen molar-refractivity contribution in [2.45, 2.75) is 25.5 Å². The van der Waals surface area contributed by atoms with Gasteiger partial charge in [-0.1, -0.05) is 30.7 Å². The molecule has 4 rings (SSSR count). The van der Waals surface area contributed by atoms with Crippen molar-refractivity contribution < 1.29 is 4.39 Å². The van der Waals surface area contributed by atoms with E-state index in [2.05, 4.69) is 27.0 Å². The Morgan fingerprint density at radius 3 is 3.04 bits per heavy atom. The first-order valence-corrected chi connectivity index (χ1v) is 8.89. The third-order valence-electron chi connectivity index (χ3n) is 4.13. The molecule has 1 aliphatic heterocycles. The molecule has 1 N–H and O–H groups in total. The third kappa shape index (κ3) is 3.35. The number of nitrogens with one attached hydrogen (secondary N) is 1. The summed E-state index contributed by atoms with van der Waals surface area (Å²) in [6.45, 7) is 3.41. The van der Waals surface area contributed by atoms with E-state index in [0.717, 1.165) is 29.4 Å². The topological polar surface area (TPSA) is 62.1 Å². The summed E-state index contributed by atoms with van der Waals surface area (Å²) in [5.41, 5.74) is 1.86. The van der Waals surface area contributed by atoms with E-state index in [1.807, 2.05) is 23.4 Å². The van der Waals surface area contributed by atoms with Gasteiger partial charge in [0, 0.05) is 18.9 Å². The lowest BCUT2D eigenvalue weighted by molar-refractivity contribution is 0.375. The Morgan fingerprint density at radius 2 is 2.23 bits per heavy atom. The number of fused-ring (bicyclic) bond motifs is 1. The monoisotopic (exact) mass is 372 g/mol. The minimum atomic E-state index is -0.436. The van der Waals surface area contributed by atoms with Gasteiger partial charge >= 0.3 is 0 Å². The highest BCUT2D eigenvalue weighted by Gasteiger charge is 2.16. The molecule has 1 aliphatic rings. The van der Waals surface area contributed by atoms with Gasteiger partial charge in [-0.15, -0.1) is 0 Å². The Balaban J connectivity index is 1.60. The lowest BCUT2D eigenvalue weighted by atomic mass is 10.2. The van der Waals surface area contributed by atoms with E-state index < -0.39 is 5.62 Å². The Hall–Kier alpha value is -2.67. The number of aromatic nitrogens is 4. The highest BCUT2D eigenvalue weighted by Crippen LogP contribution is 2.14. The maximum atomic E-state index is 13.3. The number of halogens is 2. The van der Waals surface area contributed by atoms with Crippen LogP contribution in [0.1, 0.15) is 18.9 Å². The summed E-state index contributed by atoms with van der Waals surface area (Å²) in [7, 11) is 0. The van der Waals surface area contributed by atoms with E-state index in [1.165, 1.54) is 12.1 Å². The van der Waals surface area contributed by atoms with E-state index in [-0.39, 0.29) is 5.82 Å². The zero-order chi connectivity index (χ0) is 18.1. The van der Waals surface area contributed by atoms with Gasteiger partial charge in [0.2, 0.25) is 0 Å². The molecule has 0 spiro atoms. The summed E-state index contributed by atoms with van der Waals surface area (Å²) in [6, 6.07) is 6.49. The van der Waals surface area contributed by atoms with Crippen molar-refractivity contribution in [3.05, 3.63) is 58.9 Å². The van der Waals surface area contributed by atoms with E-state index >= 15 is 0 Å². The average molecular weight is 373 g/mol. The SMILES string of the molecule is CCCN1C=c2[nH]c(-c3cnn(Cc4cccc(F)c4)c3)nc2=NC1Cl. The summed E-state index contributed by atoms with van der Waals surface area (Å²) < 4.78 is 15.1. The van der Waals surface area contributed by atoms with Gasteiger partial charge in [-0.25, -0.2) is 14.4 Å². The minimum Gasteiger partial charge on any atom is -0.341 e. The average Bonchev–Trinajstić information content (AvgIpc) is 3.22. The summed E-state index contributed by atoms with van der Waals surface area (Å²) in [6.07, 6.45) is 6.54. The van der Waals surface area contributed by atoms with Crippen molar-refractivity contribution in [2.24, 2.45) is 4.99 Å². The number of H-pyrrole nitrogens is 1. The predicted octanol–water partition coefficient (Wildman–Crippen LogP) is 2.07. The quantitative estimate of drug-likeness (QED) is 0.551. The fourth-order valence-corrected chi connectivity index (χ4v) is 3.18. The molecule has 0 saturated heterocycles. The van der Waals surface area contributed by atoms with Crippen molar-refractivity contribution in [3.8, 4) is 11.4 Å². The summed E-state index contributed by atoms with van der Waals surface area (Å²) >= 11 is 6.28. The van der Waals surface area contributed by atoms with Crippen LogP contribution in [0.2, 0.25) is 0 Å². The molecule has 0 fully saturated rings. The first-order valence-electron chi connectivity index (χ1n) is 8.45. The van der Waals surface area contributed by atoms with Gasteiger partial charge in [-0.05, 0) is 24.1 Å². The molecule has 6 nitrogen and oxygen atoms in total. The van der Waals surface area contributed by atoms with Crippen LogP contribution in [0.3, 0.4) is 0 Å². The third-order valence-corrected chi connectivity index (χ3v) is 4.48. The summed E-state index contributed by atoms with van der Waals surface area (Å²) in [4.78, 5) is 14.2. The molecule has 2 aromatic heterocycles. The normalized spacial score (nSPS) is 16.1. The number of aromatic amines is 1. The predicted molar refractivity (Wildman–Crippen MR) is 97.2 cm³/mol. The fourth-order valence-electron chi connectivity index (χ4n) is 2.93. The minimum absolute atomic E-state index is 0.252.